The zero-order chi connectivity index (χ0) is 33.0. The Morgan fingerprint density at radius 3 is 1.68 bits per heavy atom. The predicted octanol–water partition coefficient (Wildman–Crippen LogP) is 12.6. The highest BCUT2D eigenvalue weighted by Gasteiger charge is 2.20. The molecule has 50 heavy (non-hydrogen) atoms. The Labute approximate surface area is 287 Å². The van der Waals surface area contributed by atoms with Gasteiger partial charge in [-0.3, -0.25) is 0 Å². The molecule has 0 aliphatic carbocycles. The number of para-hydroxylation sites is 2. The molecule has 0 saturated heterocycles. The molecule has 4 heteroatoms. The first-order valence-electron chi connectivity index (χ1n) is 16.7. The van der Waals surface area contributed by atoms with Crippen LogP contribution in [0.25, 0.3) is 100 Å². The van der Waals surface area contributed by atoms with E-state index in [9.17, 15) is 0 Å². The highest BCUT2D eigenvalue weighted by atomic mass is 16.3. The van der Waals surface area contributed by atoms with Crippen LogP contribution in [0.15, 0.2) is 179 Å². The highest BCUT2D eigenvalue weighted by Crippen LogP contribution is 2.43. The lowest BCUT2D eigenvalue weighted by atomic mass is 9.95. The number of fused-ring (bicyclic) bond motifs is 6. The van der Waals surface area contributed by atoms with Gasteiger partial charge in [0, 0.05) is 43.8 Å². The van der Waals surface area contributed by atoms with Crippen molar-refractivity contribution >= 4 is 43.9 Å². The molecule has 0 atom stereocenters. The largest absolute Gasteiger partial charge is 0.456 e. The molecule has 4 nitrogen and oxygen atoms in total. The van der Waals surface area contributed by atoms with E-state index in [2.05, 4.69) is 115 Å². The Bertz CT molecular complexity index is 2850. The normalized spacial score (nSPS) is 11.6. The minimum Gasteiger partial charge on any atom is -0.456 e. The molecule has 3 heterocycles. The van der Waals surface area contributed by atoms with Gasteiger partial charge in [-0.1, -0.05) is 133 Å². The van der Waals surface area contributed by atoms with Gasteiger partial charge in [0.2, 0.25) is 0 Å². The Kier molecular flexibility index (Phi) is 6.46. The van der Waals surface area contributed by atoms with E-state index in [4.69, 9.17) is 18.8 Å². The molecule has 10 aromatic rings. The first kappa shape index (κ1) is 28.3. The van der Waals surface area contributed by atoms with E-state index >= 15 is 0 Å². The van der Waals surface area contributed by atoms with E-state index < -0.39 is 0 Å². The van der Waals surface area contributed by atoms with Crippen LogP contribution in [-0.4, -0.2) is 9.97 Å². The van der Waals surface area contributed by atoms with E-state index in [0.29, 0.717) is 5.82 Å². The molecule has 0 fully saturated rings. The molecule has 0 radical (unpaired) electrons. The van der Waals surface area contributed by atoms with E-state index in [1.54, 1.807) is 0 Å². The van der Waals surface area contributed by atoms with Crippen LogP contribution < -0.4 is 0 Å². The Morgan fingerprint density at radius 2 is 0.900 bits per heavy atom. The first-order valence-corrected chi connectivity index (χ1v) is 16.7. The topological polar surface area (TPSA) is 52.1 Å². The number of hydrogen-bond acceptors (Lipinski definition) is 4. The van der Waals surface area contributed by atoms with Gasteiger partial charge in [-0.25, -0.2) is 9.97 Å². The Balaban J connectivity index is 1.18. The maximum Gasteiger partial charge on any atom is 0.160 e. The van der Waals surface area contributed by atoms with Crippen LogP contribution in [0.3, 0.4) is 0 Å². The lowest BCUT2D eigenvalue weighted by Crippen LogP contribution is -1.96. The van der Waals surface area contributed by atoms with Gasteiger partial charge in [-0.15, -0.1) is 0 Å². The van der Waals surface area contributed by atoms with Crippen LogP contribution in [0.1, 0.15) is 0 Å². The summed E-state index contributed by atoms with van der Waals surface area (Å²) in [6, 6.07) is 58.4. The Morgan fingerprint density at radius 1 is 0.340 bits per heavy atom. The summed E-state index contributed by atoms with van der Waals surface area (Å²) in [6.07, 6.45) is 0. The molecular formula is C46H28N2O2. The molecule has 0 aliphatic heterocycles. The lowest BCUT2D eigenvalue weighted by molar-refractivity contribution is 0.668. The molecule has 7 aromatic carbocycles. The summed E-state index contributed by atoms with van der Waals surface area (Å²) < 4.78 is 12.8. The van der Waals surface area contributed by atoms with Gasteiger partial charge in [0.05, 0.1) is 11.4 Å². The van der Waals surface area contributed by atoms with E-state index in [1.807, 2.05) is 54.6 Å². The van der Waals surface area contributed by atoms with Crippen molar-refractivity contribution in [1.82, 2.24) is 9.97 Å². The number of nitrogens with zero attached hydrogens (tertiary/aromatic N) is 2. The van der Waals surface area contributed by atoms with Gasteiger partial charge in [-0.2, -0.15) is 0 Å². The molecule has 10 rings (SSSR count). The van der Waals surface area contributed by atoms with Crippen molar-refractivity contribution in [2.75, 3.05) is 0 Å². The van der Waals surface area contributed by atoms with Gasteiger partial charge >= 0.3 is 0 Å². The molecule has 0 amide bonds. The fraction of sp³-hybridized carbons (Fsp3) is 0. The van der Waals surface area contributed by atoms with Crippen molar-refractivity contribution in [3.8, 4) is 56.2 Å². The third-order valence-electron chi connectivity index (χ3n) is 9.54. The third-order valence-corrected chi connectivity index (χ3v) is 9.54. The van der Waals surface area contributed by atoms with Crippen LogP contribution in [0.5, 0.6) is 0 Å². The predicted molar refractivity (Wildman–Crippen MR) is 204 cm³/mol. The molecule has 0 N–H and O–H groups in total. The minimum absolute atomic E-state index is 0.674. The average Bonchev–Trinajstić information content (AvgIpc) is 3.77. The number of rotatable bonds is 5. The van der Waals surface area contributed by atoms with Crippen LogP contribution in [-0.2, 0) is 0 Å². The zero-order valence-electron chi connectivity index (χ0n) is 26.9. The summed E-state index contributed by atoms with van der Waals surface area (Å²) in [7, 11) is 0. The highest BCUT2D eigenvalue weighted by molar-refractivity contribution is 6.17. The number of hydrogen-bond donors (Lipinski definition) is 0. The summed E-state index contributed by atoms with van der Waals surface area (Å²) in [6.45, 7) is 0. The summed E-state index contributed by atoms with van der Waals surface area (Å²) in [4.78, 5) is 10.3. The van der Waals surface area contributed by atoms with Crippen LogP contribution in [0, 0.1) is 0 Å². The van der Waals surface area contributed by atoms with E-state index in [-0.39, 0.29) is 0 Å². The van der Waals surface area contributed by atoms with Crippen molar-refractivity contribution in [1.29, 1.82) is 0 Å². The molecule has 0 unspecified atom stereocenters. The molecule has 234 valence electrons. The second-order valence-corrected chi connectivity index (χ2v) is 12.5. The summed E-state index contributed by atoms with van der Waals surface area (Å²) in [5.41, 5.74) is 12.5. The fourth-order valence-corrected chi connectivity index (χ4v) is 7.08. The molecular weight excluding hydrogens is 613 g/mol. The lowest BCUT2D eigenvalue weighted by Gasteiger charge is -2.12. The van der Waals surface area contributed by atoms with E-state index in [1.165, 1.54) is 5.56 Å². The second-order valence-electron chi connectivity index (χ2n) is 12.5. The van der Waals surface area contributed by atoms with E-state index in [0.717, 1.165) is 88.6 Å². The zero-order valence-corrected chi connectivity index (χ0v) is 26.9. The SMILES string of the molecule is c1ccc(-c2ccc(-c3cc(-c4ccc(-c5ccc6oc7ccccc7c6c5)c5oc6ccccc6c45)nc(-c4ccccc4)n3)cc2)cc1. The summed E-state index contributed by atoms with van der Waals surface area (Å²) >= 11 is 0. The van der Waals surface area contributed by atoms with Crippen LogP contribution >= 0.6 is 0 Å². The maximum absolute atomic E-state index is 6.70. The minimum atomic E-state index is 0.674. The van der Waals surface area contributed by atoms with Crippen molar-refractivity contribution in [2.24, 2.45) is 0 Å². The maximum atomic E-state index is 6.70. The van der Waals surface area contributed by atoms with Crippen molar-refractivity contribution < 1.29 is 8.83 Å². The van der Waals surface area contributed by atoms with Crippen LogP contribution in [0.2, 0.25) is 0 Å². The molecule has 0 bridgehead atoms. The van der Waals surface area contributed by atoms with Gasteiger partial charge in [0.1, 0.15) is 22.3 Å². The van der Waals surface area contributed by atoms with Gasteiger partial charge in [0.15, 0.2) is 5.82 Å². The Hall–Kier alpha value is -6.78. The standard InChI is InChI=1S/C46H28N2O2/c1-3-11-29(12-4-1)30-19-21-31(22-20-30)39-28-40(48-46(47-39)32-13-5-2-6-14-32)36-25-24-34(45-44(36)37-16-8-10-18-42(37)50-45)33-23-26-43-38(27-33)35-15-7-9-17-41(35)49-43/h1-28H. The third kappa shape index (κ3) is 4.69. The molecule has 3 aromatic heterocycles. The first-order chi connectivity index (χ1) is 24.8. The average molecular weight is 641 g/mol. The smallest absolute Gasteiger partial charge is 0.160 e. The van der Waals surface area contributed by atoms with Crippen molar-refractivity contribution in [3.63, 3.8) is 0 Å². The fourth-order valence-electron chi connectivity index (χ4n) is 7.08. The van der Waals surface area contributed by atoms with Gasteiger partial charge < -0.3 is 8.83 Å². The van der Waals surface area contributed by atoms with Crippen LogP contribution in [0.4, 0.5) is 0 Å². The number of aromatic nitrogens is 2. The van der Waals surface area contributed by atoms with Crippen molar-refractivity contribution in [3.05, 3.63) is 170 Å². The summed E-state index contributed by atoms with van der Waals surface area (Å²) in [5.74, 6) is 0.674. The van der Waals surface area contributed by atoms with Crippen molar-refractivity contribution in [2.45, 2.75) is 0 Å². The number of furan rings is 2. The second kappa shape index (κ2) is 11.4. The van der Waals surface area contributed by atoms with Gasteiger partial charge in [-0.05, 0) is 53.1 Å². The van der Waals surface area contributed by atoms with Gasteiger partial charge in [0.25, 0.3) is 0 Å². The molecule has 0 spiro atoms. The monoisotopic (exact) mass is 640 g/mol. The summed E-state index contributed by atoms with van der Waals surface area (Å²) in [5, 5.41) is 4.25. The molecule has 0 saturated carbocycles. The number of benzene rings is 7. The molecule has 0 aliphatic rings. The quantitative estimate of drug-likeness (QED) is 0.188.